The maximum Gasteiger partial charge on any atom is 0.416 e. The van der Waals surface area contributed by atoms with Crippen molar-refractivity contribution in [3.8, 4) is 23.8 Å². The Labute approximate surface area is 166 Å². The standard InChI is InChI=1S/C21H19F3N4O/c1-5-6-13-7-14(9-15(8-13)21(22,23)24)20(11(2)3)16(10-25)18(26)29-19-17(20)12(4)27-28-19/h7-9,11H,26H2,1-4H3,(H,27,28). The number of fused-ring (bicyclic) bond motifs is 1. The number of nitrogens with zero attached hydrogens (tertiary/aromatic N) is 2. The number of ether oxygens (including phenoxy) is 1. The van der Waals surface area contributed by atoms with Crippen LogP contribution in [0.1, 0.15) is 48.7 Å². The van der Waals surface area contributed by atoms with Crippen LogP contribution in [0.2, 0.25) is 0 Å². The number of allylic oxidation sites excluding steroid dienone is 1. The van der Waals surface area contributed by atoms with E-state index in [2.05, 4.69) is 28.1 Å². The molecule has 0 saturated heterocycles. The summed E-state index contributed by atoms with van der Waals surface area (Å²) < 4.78 is 46.5. The smallest absolute Gasteiger partial charge is 0.416 e. The van der Waals surface area contributed by atoms with E-state index < -0.39 is 17.2 Å². The summed E-state index contributed by atoms with van der Waals surface area (Å²) in [4.78, 5) is 0. The van der Waals surface area contributed by atoms with Crippen molar-refractivity contribution in [1.29, 1.82) is 5.26 Å². The molecule has 8 heteroatoms. The number of rotatable bonds is 2. The quantitative estimate of drug-likeness (QED) is 0.742. The second-order valence-corrected chi connectivity index (χ2v) is 7.12. The average molecular weight is 400 g/mol. The molecule has 0 aliphatic carbocycles. The van der Waals surface area contributed by atoms with E-state index in [1.54, 1.807) is 19.9 Å². The lowest BCUT2D eigenvalue weighted by atomic mass is 9.61. The van der Waals surface area contributed by atoms with Gasteiger partial charge in [-0.05, 0) is 43.5 Å². The number of hydrogen-bond acceptors (Lipinski definition) is 4. The summed E-state index contributed by atoms with van der Waals surface area (Å²) in [5.41, 5.74) is 5.45. The van der Waals surface area contributed by atoms with Gasteiger partial charge in [-0.1, -0.05) is 19.8 Å². The molecule has 1 aromatic heterocycles. The SMILES string of the molecule is CC#Cc1cc(C(F)(F)F)cc(C2(C(C)C)C(C#N)=C(N)Oc3n[nH]c(C)c32)c1. The van der Waals surface area contributed by atoms with Crippen molar-refractivity contribution in [2.45, 2.75) is 39.3 Å². The number of alkyl halides is 3. The first kappa shape index (κ1) is 20.3. The van der Waals surface area contributed by atoms with Crippen LogP contribution in [-0.2, 0) is 11.6 Å². The summed E-state index contributed by atoms with van der Waals surface area (Å²) in [5, 5.41) is 16.8. The molecule has 2 aromatic rings. The number of aromatic nitrogens is 2. The molecule has 0 fully saturated rings. The first-order valence-electron chi connectivity index (χ1n) is 8.86. The van der Waals surface area contributed by atoms with Gasteiger partial charge in [0, 0.05) is 11.3 Å². The summed E-state index contributed by atoms with van der Waals surface area (Å²) in [6, 6.07) is 5.67. The molecule has 2 heterocycles. The lowest BCUT2D eigenvalue weighted by Crippen LogP contribution is -2.41. The van der Waals surface area contributed by atoms with Crippen molar-refractivity contribution < 1.29 is 17.9 Å². The maximum atomic E-state index is 13.7. The molecule has 1 atom stereocenters. The number of nitrogens with one attached hydrogen (secondary N) is 1. The number of benzene rings is 1. The van der Waals surface area contributed by atoms with Gasteiger partial charge in [-0.25, -0.2) is 0 Å². The summed E-state index contributed by atoms with van der Waals surface area (Å²) in [7, 11) is 0. The van der Waals surface area contributed by atoms with Crippen LogP contribution in [0.3, 0.4) is 0 Å². The van der Waals surface area contributed by atoms with Crippen LogP contribution in [0.15, 0.2) is 29.7 Å². The Morgan fingerprint density at radius 3 is 2.52 bits per heavy atom. The second-order valence-electron chi connectivity index (χ2n) is 7.12. The Morgan fingerprint density at radius 1 is 1.28 bits per heavy atom. The molecule has 29 heavy (non-hydrogen) atoms. The Morgan fingerprint density at radius 2 is 1.97 bits per heavy atom. The van der Waals surface area contributed by atoms with Gasteiger partial charge in [0.15, 0.2) is 0 Å². The van der Waals surface area contributed by atoms with Gasteiger partial charge in [0.05, 0.1) is 16.5 Å². The highest BCUT2D eigenvalue weighted by molar-refractivity contribution is 5.63. The Hall–Kier alpha value is -3.39. The molecular formula is C21H19F3N4O. The number of nitrogens with two attached hydrogens (primary N) is 1. The summed E-state index contributed by atoms with van der Waals surface area (Å²) >= 11 is 0. The van der Waals surface area contributed by atoms with Crippen molar-refractivity contribution in [1.82, 2.24) is 10.2 Å². The highest BCUT2D eigenvalue weighted by Crippen LogP contribution is 2.53. The molecule has 1 aromatic carbocycles. The van der Waals surface area contributed by atoms with Crippen molar-refractivity contribution in [2.24, 2.45) is 11.7 Å². The fourth-order valence-electron chi connectivity index (χ4n) is 4.00. The lowest BCUT2D eigenvalue weighted by molar-refractivity contribution is -0.137. The largest absolute Gasteiger partial charge is 0.420 e. The number of nitriles is 1. The molecule has 1 aliphatic heterocycles. The van der Waals surface area contributed by atoms with Crippen molar-refractivity contribution in [3.05, 3.63) is 57.6 Å². The van der Waals surface area contributed by atoms with Crippen LogP contribution in [0.5, 0.6) is 5.88 Å². The van der Waals surface area contributed by atoms with Gasteiger partial charge in [0.1, 0.15) is 11.6 Å². The van der Waals surface area contributed by atoms with E-state index in [0.717, 1.165) is 12.1 Å². The van der Waals surface area contributed by atoms with Crippen LogP contribution in [0, 0.1) is 36.0 Å². The third-order valence-corrected chi connectivity index (χ3v) is 5.12. The molecule has 0 spiro atoms. The highest BCUT2D eigenvalue weighted by atomic mass is 19.4. The minimum atomic E-state index is -4.58. The Balaban J connectivity index is 2.50. The van der Waals surface area contributed by atoms with Gasteiger partial charge in [0.2, 0.25) is 11.8 Å². The lowest BCUT2D eigenvalue weighted by Gasteiger charge is -2.41. The molecular weight excluding hydrogens is 381 g/mol. The van der Waals surface area contributed by atoms with E-state index in [9.17, 15) is 18.4 Å². The topological polar surface area (TPSA) is 87.7 Å². The van der Waals surface area contributed by atoms with E-state index >= 15 is 0 Å². The van der Waals surface area contributed by atoms with E-state index in [4.69, 9.17) is 10.5 Å². The molecule has 1 aliphatic rings. The van der Waals surface area contributed by atoms with Crippen molar-refractivity contribution >= 4 is 0 Å². The molecule has 5 nitrogen and oxygen atoms in total. The zero-order valence-electron chi connectivity index (χ0n) is 16.3. The summed E-state index contributed by atoms with van der Waals surface area (Å²) in [6.45, 7) is 6.90. The second kappa shape index (κ2) is 6.89. The zero-order chi connectivity index (χ0) is 21.6. The fraction of sp³-hybridized carbons (Fsp3) is 0.333. The van der Waals surface area contributed by atoms with Crippen LogP contribution in [-0.4, -0.2) is 10.2 Å². The molecule has 0 saturated carbocycles. The average Bonchev–Trinajstić information content (AvgIpc) is 3.00. The Bertz CT molecular complexity index is 1110. The zero-order valence-corrected chi connectivity index (χ0v) is 16.3. The first-order valence-corrected chi connectivity index (χ1v) is 8.86. The molecule has 3 N–H and O–H groups in total. The van der Waals surface area contributed by atoms with E-state index in [1.807, 2.05) is 13.8 Å². The monoisotopic (exact) mass is 400 g/mol. The Kier molecular flexibility index (Phi) is 4.84. The normalized spacial score (nSPS) is 18.6. The molecule has 0 amide bonds. The number of H-pyrrole nitrogens is 1. The van der Waals surface area contributed by atoms with Crippen LogP contribution in [0.4, 0.5) is 13.2 Å². The van der Waals surface area contributed by atoms with Gasteiger partial charge < -0.3 is 10.5 Å². The molecule has 3 rings (SSSR count). The van der Waals surface area contributed by atoms with Gasteiger partial charge in [-0.15, -0.1) is 11.0 Å². The van der Waals surface area contributed by atoms with E-state index in [0.29, 0.717) is 11.3 Å². The van der Waals surface area contributed by atoms with Gasteiger partial charge in [-0.3, -0.25) is 5.10 Å². The predicted octanol–water partition coefficient (Wildman–Crippen LogP) is 4.14. The third-order valence-electron chi connectivity index (χ3n) is 5.12. The highest BCUT2D eigenvalue weighted by Gasteiger charge is 2.51. The fourth-order valence-corrected chi connectivity index (χ4v) is 4.00. The number of aromatic amines is 1. The maximum absolute atomic E-state index is 13.7. The predicted molar refractivity (Wildman–Crippen MR) is 100 cm³/mol. The van der Waals surface area contributed by atoms with Gasteiger partial charge >= 0.3 is 6.18 Å². The van der Waals surface area contributed by atoms with Crippen LogP contribution < -0.4 is 10.5 Å². The van der Waals surface area contributed by atoms with Crippen LogP contribution >= 0.6 is 0 Å². The molecule has 0 radical (unpaired) electrons. The molecule has 150 valence electrons. The third kappa shape index (κ3) is 3.01. The molecule has 0 bridgehead atoms. The molecule has 1 unspecified atom stereocenters. The van der Waals surface area contributed by atoms with Gasteiger partial charge in [-0.2, -0.15) is 18.4 Å². The van der Waals surface area contributed by atoms with E-state index in [1.165, 1.54) is 0 Å². The number of halogens is 3. The minimum Gasteiger partial charge on any atom is -0.420 e. The van der Waals surface area contributed by atoms with Gasteiger partial charge in [0.25, 0.3) is 0 Å². The van der Waals surface area contributed by atoms with Crippen molar-refractivity contribution in [3.63, 3.8) is 0 Å². The van der Waals surface area contributed by atoms with Crippen molar-refractivity contribution in [2.75, 3.05) is 0 Å². The first-order chi connectivity index (χ1) is 13.6. The number of hydrogen-bond donors (Lipinski definition) is 2. The summed E-state index contributed by atoms with van der Waals surface area (Å²) in [6.07, 6.45) is -4.58. The minimum absolute atomic E-state index is 0.0410. The van der Waals surface area contributed by atoms with Crippen LogP contribution in [0.25, 0.3) is 0 Å². The summed E-state index contributed by atoms with van der Waals surface area (Å²) in [5.74, 6) is 4.95. The van der Waals surface area contributed by atoms with E-state index in [-0.39, 0.29) is 34.4 Å². The number of aryl methyl sites for hydroxylation is 1.